The van der Waals surface area contributed by atoms with Gasteiger partial charge in [0.1, 0.15) is 0 Å². The number of carbonyl (C=O) groups is 3. The molecule has 6 heteroatoms. The van der Waals surface area contributed by atoms with Crippen molar-refractivity contribution in [1.29, 1.82) is 0 Å². The highest BCUT2D eigenvalue weighted by molar-refractivity contribution is 5.98. The molecule has 124 valence electrons. The number of ketones is 1. The maximum absolute atomic E-state index is 12.1. The summed E-state index contributed by atoms with van der Waals surface area (Å²) in [6, 6.07) is 12.7. The molecule has 0 spiro atoms. The molecule has 6 nitrogen and oxygen atoms in total. The minimum Gasteiger partial charge on any atom is -0.449 e. The lowest BCUT2D eigenvalue weighted by atomic mass is 10.1. The van der Waals surface area contributed by atoms with Crippen LogP contribution in [0.4, 0.5) is 11.4 Å². The standard InChI is InChI=1S/C18H18N2O4/c1-11(21)13-5-9-16(10-6-13)20-17(22)12(2)24-18(23)14-3-7-15(19)8-4-14/h3-10,12H,19H2,1-2H3,(H,20,22)/t12-/m1/s1. The fraction of sp³-hybridized carbons (Fsp3) is 0.167. The van der Waals surface area contributed by atoms with Gasteiger partial charge in [-0.25, -0.2) is 4.79 Å². The third kappa shape index (κ3) is 4.42. The van der Waals surface area contributed by atoms with Gasteiger partial charge in [0.2, 0.25) is 0 Å². The number of esters is 1. The molecule has 2 aromatic rings. The Bertz CT molecular complexity index is 752. The number of nitrogen functional groups attached to an aromatic ring is 1. The Morgan fingerprint density at radius 3 is 2.04 bits per heavy atom. The van der Waals surface area contributed by atoms with E-state index < -0.39 is 18.0 Å². The Balaban J connectivity index is 1.95. The number of rotatable bonds is 5. The summed E-state index contributed by atoms with van der Waals surface area (Å²) >= 11 is 0. The van der Waals surface area contributed by atoms with Crippen LogP contribution in [0.15, 0.2) is 48.5 Å². The Morgan fingerprint density at radius 2 is 1.50 bits per heavy atom. The number of hydrogen-bond donors (Lipinski definition) is 2. The zero-order valence-electron chi connectivity index (χ0n) is 13.4. The predicted octanol–water partition coefficient (Wildman–Crippen LogP) is 2.66. The third-order valence-electron chi connectivity index (χ3n) is 3.36. The first-order valence-electron chi connectivity index (χ1n) is 7.35. The van der Waals surface area contributed by atoms with Crippen molar-refractivity contribution in [2.75, 3.05) is 11.1 Å². The Morgan fingerprint density at radius 1 is 0.958 bits per heavy atom. The number of nitrogens with two attached hydrogens (primary N) is 1. The highest BCUT2D eigenvalue weighted by Crippen LogP contribution is 2.12. The number of hydrogen-bond acceptors (Lipinski definition) is 5. The highest BCUT2D eigenvalue weighted by atomic mass is 16.5. The topological polar surface area (TPSA) is 98.5 Å². The normalized spacial score (nSPS) is 11.4. The number of ether oxygens (including phenoxy) is 1. The van der Waals surface area contributed by atoms with Crippen LogP contribution < -0.4 is 11.1 Å². The van der Waals surface area contributed by atoms with Crippen molar-refractivity contribution in [2.45, 2.75) is 20.0 Å². The molecule has 3 N–H and O–H groups in total. The van der Waals surface area contributed by atoms with Crippen molar-refractivity contribution in [3.8, 4) is 0 Å². The second kappa shape index (κ2) is 7.41. The molecule has 0 aliphatic carbocycles. The lowest BCUT2D eigenvalue weighted by Crippen LogP contribution is -2.30. The fourth-order valence-electron chi connectivity index (χ4n) is 1.93. The largest absolute Gasteiger partial charge is 0.449 e. The van der Waals surface area contributed by atoms with Crippen LogP contribution in [0.2, 0.25) is 0 Å². The molecule has 0 aliphatic heterocycles. The molecule has 0 radical (unpaired) electrons. The van der Waals surface area contributed by atoms with Gasteiger partial charge in [-0.15, -0.1) is 0 Å². The van der Waals surface area contributed by atoms with E-state index in [0.717, 1.165) is 0 Å². The molecule has 0 aliphatic rings. The average molecular weight is 326 g/mol. The molecule has 0 fully saturated rings. The average Bonchev–Trinajstić information content (AvgIpc) is 2.55. The highest BCUT2D eigenvalue weighted by Gasteiger charge is 2.19. The van der Waals surface area contributed by atoms with Crippen LogP contribution in [-0.4, -0.2) is 23.8 Å². The van der Waals surface area contributed by atoms with Crippen LogP contribution >= 0.6 is 0 Å². The Hall–Kier alpha value is -3.15. The number of amides is 1. The number of Topliss-reactive ketones (excluding diaryl/α,β-unsaturated/α-hetero) is 1. The van der Waals surface area contributed by atoms with E-state index in [2.05, 4.69) is 5.32 Å². The molecular formula is C18H18N2O4. The Kier molecular flexibility index (Phi) is 5.31. The molecule has 2 aromatic carbocycles. The van der Waals surface area contributed by atoms with Gasteiger partial charge in [0.05, 0.1) is 5.56 Å². The minimum atomic E-state index is -0.970. The van der Waals surface area contributed by atoms with Crippen LogP contribution in [0.1, 0.15) is 34.6 Å². The van der Waals surface area contributed by atoms with E-state index in [0.29, 0.717) is 22.5 Å². The molecule has 1 amide bonds. The number of nitrogens with one attached hydrogen (secondary N) is 1. The van der Waals surface area contributed by atoms with Gasteiger partial charge >= 0.3 is 5.97 Å². The molecule has 0 aromatic heterocycles. The lowest BCUT2D eigenvalue weighted by molar-refractivity contribution is -0.123. The van der Waals surface area contributed by atoms with Crippen molar-refractivity contribution in [3.05, 3.63) is 59.7 Å². The van der Waals surface area contributed by atoms with Gasteiger partial charge in [-0.1, -0.05) is 0 Å². The summed E-state index contributed by atoms with van der Waals surface area (Å²) in [5.74, 6) is -1.13. The summed E-state index contributed by atoms with van der Waals surface area (Å²) in [6.07, 6.45) is -0.970. The van der Waals surface area contributed by atoms with Gasteiger partial charge in [0.25, 0.3) is 5.91 Å². The minimum absolute atomic E-state index is 0.0568. The van der Waals surface area contributed by atoms with Gasteiger partial charge in [-0.3, -0.25) is 9.59 Å². The van der Waals surface area contributed by atoms with Crippen molar-refractivity contribution >= 4 is 29.0 Å². The molecule has 1 atom stereocenters. The number of benzene rings is 2. The predicted molar refractivity (Wildman–Crippen MR) is 90.8 cm³/mol. The van der Waals surface area contributed by atoms with E-state index in [1.807, 2.05) is 0 Å². The quantitative estimate of drug-likeness (QED) is 0.500. The third-order valence-corrected chi connectivity index (χ3v) is 3.36. The fourth-order valence-corrected chi connectivity index (χ4v) is 1.93. The number of anilines is 2. The van der Waals surface area contributed by atoms with Crippen molar-refractivity contribution in [1.82, 2.24) is 0 Å². The summed E-state index contributed by atoms with van der Waals surface area (Å²) in [4.78, 5) is 35.3. The first-order chi connectivity index (χ1) is 11.4. The summed E-state index contributed by atoms with van der Waals surface area (Å²) in [5, 5.41) is 2.63. The first kappa shape index (κ1) is 17.2. The first-order valence-corrected chi connectivity index (χ1v) is 7.35. The Labute approximate surface area is 139 Å². The monoisotopic (exact) mass is 326 g/mol. The van der Waals surface area contributed by atoms with Gasteiger partial charge in [-0.05, 0) is 62.4 Å². The van der Waals surface area contributed by atoms with Crippen LogP contribution in [0.5, 0.6) is 0 Å². The van der Waals surface area contributed by atoms with Gasteiger partial charge in [0.15, 0.2) is 11.9 Å². The second-order valence-corrected chi connectivity index (χ2v) is 5.29. The van der Waals surface area contributed by atoms with Crippen LogP contribution in [0, 0.1) is 0 Å². The summed E-state index contributed by atoms with van der Waals surface area (Å²) in [5.41, 5.74) is 7.47. The number of carbonyl (C=O) groups excluding carboxylic acids is 3. The maximum atomic E-state index is 12.1. The van der Waals surface area contributed by atoms with E-state index in [1.54, 1.807) is 36.4 Å². The smallest absolute Gasteiger partial charge is 0.338 e. The van der Waals surface area contributed by atoms with Crippen LogP contribution in [0.3, 0.4) is 0 Å². The summed E-state index contributed by atoms with van der Waals surface area (Å²) in [6.45, 7) is 2.95. The van der Waals surface area contributed by atoms with E-state index >= 15 is 0 Å². The van der Waals surface area contributed by atoms with E-state index in [4.69, 9.17) is 10.5 Å². The maximum Gasteiger partial charge on any atom is 0.338 e. The van der Waals surface area contributed by atoms with Gasteiger partial charge in [0, 0.05) is 16.9 Å². The molecular weight excluding hydrogens is 308 g/mol. The van der Waals surface area contributed by atoms with Crippen molar-refractivity contribution in [2.24, 2.45) is 0 Å². The van der Waals surface area contributed by atoms with E-state index in [1.165, 1.54) is 26.0 Å². The zero-order chi connectivity index (χ0) is 17.7. The van der Waals surface area contributed by atoms with Gasteiger partial charge < -0.3 is 15.8 Å². The lowest BCUT2D eigenvalue weighted by Gasteiger charge is -2.13. The molecule has 0 saturated heterocycles. The van der Waals surface area contributed by atoms with E-state index in [-0.39, 0.29) is 5.78 Å². The summed E-state index contributed by atoms with van der Waals surface area (Å²) in [7, 11) is 0. The van der Waals surface area contributed by atoms with Crippen LogP contribution in [0.25, 0.3) is 0 Å². The molecule has 0 saturated carbocycles. The second-order valence-electron chi connectivity index (χ2n) is 5.29. The zero-order valence-corrected chi connectivity index (χ0v) is 13.4. The van der Waals surface area contributed by atoms with Crippen molar-refractivity contribution in [3.63, 3.8) is 0 Å². The molecule has 2 rings (SSSR count). The molecule has 0 unspecified atom stereocenters. The van der Waals surface area contributed by atoms with Crippen molar-refractivity contribution < 1.29 is 19.1 Å². The van der Waals surface area contributed by atoms with E-state index in [9.17, 15) is 14.4 Å². The molecule has 0 heterocycles. The SMILES string of the molecule is CC(=O)c1ccc(NC(=O)[C@@H](C)OC(=O)c2ccc(N)cc2)cc1. The molecule has 24 heavy (non-hydrogen) atoms. The summed E-state index contributed by atoms with van der Waals surface area (Å²) < 4.78 is 5.13. The molecule has 0 bridgehead atoms. The van der Waals surface area contributed by atoms with Crippen LogP contribution in [-0.2, 0) is 9.53 Å². The van der Waals surface area contributed by atoms with Gasteiger partial charge in [-0.2, -0.15) is 0 Å².